The number of hydrogen-bond acceptors (Lipinski definition) is 3. The van der Waals surface area contributed by atoms with E-state index in [2.05, 4.69) is 21.2 Å². The second kappa shape index (κ2) is 8.49. The molecule has 1 heterocycles. The molecule has 0 radical (unpaired) electrons. The predicted molar refractivity (Wildman–Crippen MR) is 110 cm³/mol. The third-order valence-corrected chi connectivity index (χ3v) is 7.48. The van der Waals surface area contributed by atoms with Gasteiger partial charge in [-0.15, -0.1) is 0 Å². The molecule has 1 saturated heterocycles. The minimum absolute atomic E-state index is 0.0488. The molecule has 28 heavy (non-hydrogen) atoms. The van der Waals surface area contributed by atoms with E-state index in [4.69, 9.17) is 11.6 Å². The smallest absolute Gasteiger partial charge is 0.243 e. The maximum Gasteiger partial charge on any atom is 0.243 e. The lowest BCUT2D eigenvalue weighted by molar-refractivity contribution is -0.120. The topological polar surface area (TPSA) is 66.5 Å². The molecule has 2 aromatic rings. The Morgan fingerprint density at radius 2 is 1.89 bits per heavy atom. The molecule has 0 aliphatic carbocycles. The summed E-state index contributed by atoms with van der Waals surface area (Å²) in [7, 11) is -3.78. The molecule has 0 atom stereocenters. The largest absolute Gasteiger partial charge is 0.326 e. The highest BCUT2D eigenvalue weighted by molar-refractivity contribution is 9.10. The first kappa shape index (κ1) is 21.2. The lowest BCUT2D eigenvalue weighted by Gasteiger charge is -2.30. The van der Waals surface area contributed by atoms with Gasteiger partial charge in [0.25, 0.3) is 0 Å². The third-order valence-electron chi connectivity index (χ3n) is 4.80. The number of nitrogens with zero attached hydrogens (tertiary/aromatic N) is 1. The Hall–Kier alpha value is -1.48. The molecule has 2 aromatic carbocycles. The lowest BCUT2D eigenvalue weighted by atomic mass is 9.97. The first-order valence-corrected chi connectivity index (χ1v) is 11.3. The highest BCUT2D eigenvalue weighted by Crippen LogP contribution is 2.28. The van der Waals surface area contributed by atoms with Crippen molar-refractivity contribution in [2.75, 3.05) is 18.4 Å². The number of hydrogen-bond donors (Lipinski definition) is 1. The number of nitrogens with one attached hydrogen (secondary N) is 1. The molecule has 1 N–H and O–H groups in total. The van der Waals surface area contributed by atoms with Crippen LogP contribution in [0.3, 0.4) is 0 Å². The van der Waals surface area contributed by atoms with E-state index in [0.29, 0.717) is 12.8 Å². The first-order valence-electron chi connectivity index (χ1n) is 8.70. The SMILES string of the molecule is Cc1cc(Br)ccc1NC(=O)C1CCN(S(=O)(=O)c2ccc(F)c(Cl)c2)CC1. The van der Waals surface area contributed by atoms with Crippen molar-refractivity contribution in [2.45, 2.75) is 24.7 Å². The first-order chi connectivity index (χ1) is 13.2. The molecule has 0 bridgehead atoms. The summed E-state index contributed by atoms with van der Waals surface area (Å²) in [6.07, 6.45) is 0.825. The Labute approximate surface area is 177 Å². The van der Waals surface area contributed by atoms with Crippen LogP contribution in [0.25, 0.3) is 0 Å². The van der Waals surface area contributed by atoms with Crippen molar-refractivity contribution in [3.05, 3.63) is 57.3 Å². The molecule has 0 aromatic heterocycles. The van der Waals surface area contributed by atoms with Gasteiger partial charge in [-0.2, -0.15) is 4.31 Å². The van der Waals surface area contributed by atoms with Crippen LogP contribution < -0.4 is 5.32 Å². The highest BCUT2D eigenvalue weighted by Gasteiger charge is 2.32. The van der Waals surface area contributed by atoms with Crippen molar-refractivity contribution in [3.63, 3.8) is 0 Å². The second-order valence-electron chi connectivity index (χ2n) is 6.70. The highest BCUT2D eigenvalue weighted by atomic mass is 79.9. The van der Waals surface area contributed by atoms with E-state index in [1.807, 2.05) is 25.1 Å². The zero-order valence-corrected chi connectivity index (χ0v) is 18.2. The van der Waals surface area contributed by atoms with Gasteiger partial charge in [-0.1, -0.05) is 27.5 Å². The van der Waals surface area contributed by atoms with Crippen molar-refractivity contribution in [1.29, 1.82) is 0 Å². The maximum atomic E-state index is 13.3. The summed E-state index contributed by atoms with van der Waals surface area (Å²) in [5, 5.41) is 2.68. The van der Waals surface area contributed by atoms with Crippen molar-refractivity contribution in [3.8, 4) is 0 Å². The molecule has 1 aliphatic rings. The van der Waals surface area contributed by atoms with Crippen molar-refractivity contribution < 1.29 is 17.6 Å². The molecular formula is C19H19BrClFN2O3S. The van der Waals surface area contributed by atoms with Crippen molar-refractivity contribution in [1.82, 2.24) is 4.31 Å². The molecule has 5 nitrogen and oxygen atoms in total. The number of anilines is 1. The van der Waals surface area contributed by atoms with Gasteiger partial charge in [-0.3, -0.25) is 4.79 Å². The fourth-order valence-corrected chi connectivity index (χ4v) is 5.36. The van der Waals surface area contributed by atoms with Crippen LogP contribution >= 0.6 is 27.5 Å². The summed E-state index contributed by atoms with van der Waals surface area (Å²) < 4.78 is 41.0. The van der Waals surface area contributed by atoms with Gasteiger partial charge < -0.3 is 5.32 Å². The zero-order valence-electron chi connectivity index (χ0n) is 15.1. The number of amides is 1. The van der Waals surface area contributed by atoms with Gasteiger partial charge in [0.05, 0.1) is 9.92 Å². The van der Waals surface area contributed by atoms with Crippen LogP contribution in [0, 0.1) is 18.7 Å². The van der Waals surface area contributed by atoms with Crippen LogP contribution in [0.4, 0.5) is 10.1 Å². The molecule has 0 unspecified atom stereocenters. The monoisotopic (exact) mass is 488 g/mol. The number of halogens is 3. The molecule has 9 heteroatoms. The van der Waals surface area contributed by atoms with E-state index in [0.717, 1.165) is 27.9 Å². The number of rotatable bonds is 4. The minimum atomic E-state index is -3.78. The fourth-order valence-electron chi connectivity index (χ4n) is 3.15. The predicted octanol–water partition coefficient (Wildman–Crippen LogP) is 4.59. The summed E-state index contributed by atoms with van der Waals surface area (Å²) in [5.74, 6) is -1.06. The zero-order chi connectivity index (χ0) is 20.5. The summed E-state index contributed by atoms with van der Waals surface area (Å²) in [5.41, 5.74) is 1.68. The number of sulfonamides is 1. The number of piperidine rings is 1. The van der Waals surface area contributed by atoms with Gasteiger partial charge in [0.1, 0.15) is 5.82 Å². The molecule has 0 saturated carbocycles. The molecule has 1 amide bonds. The quantitative estimate of drug-likeness (QED) is 0.683. The van der Waals surface area contributed by atoms with E-state index in [1.165, 1.54) is 10.4 Å². The standard InChI is InChI=1S/C19H19BrClFN2O3S/c1-12-10-14(20)2-5-18(12)23-19(25)13-6-8-24(9-7-13)28(26,27)15-3-4-17(22)16(21)11-15/h2-5,10-11,13H,6-9H2,1H3,(H,23,25). The molecular weight excluding hydrogens is 471 g/mol. The Morgan fingerprint density at radius 1 is 1.21 bits per heavy atom. The van der Waals surface area contributed by atoms with Crippen LogP contribution in [0.5, 0.6) is 0 Å². The van der Waals surface area contributed by atoms with Crippen LogP contribution in [0.15, 0.2) is 45.8 Å². The summed E-state index contributed by atoms with van der Waals surface area (Å²) in [6.45, 7) is 2.34. The van der Waals surface area contributed by atoms with E-state index in [-0.39, 0.29) is 34.8 Å². The summed E-state index contributed by atoms with van der Waals surface area (Å²) in [4.78, 5) is 12.5. The van der Waals surface area contributed by atoms with E-state index in [1.54, 1.807) is 0 Å². The number of aryl methyl sites for hydroxylation is 1. The number of carbonyl (C=O) groups excluding carboxylic acids is 1. The van der Waals surface area contributed by atoms with E-state index in [9.17, 15) is 17.6 Å². The van der Waals surface area contributed by atoms with Crippen LogP contribution in [0.2, 0.25) is 5.02 Å². The van der Waals surface area contributed by atoms with Gasteiger partial charge in [-0.05, 0) is 61.7 Å². The van der Waals surface area contributed by atoms with Crippen LogP contribution in [0.1, 0.15) is 18.4 Å². The Kier molecular flexibility index (Phi) is 6.44. The van der Waals surface area contributed by atoms with E-state index >= 15 is 0 Å². The summed E-state index contributed by atoms with van der Waals surface area (Å²) >= 11 is 9.10. The van der Waals surface area contributed by atoms with Gasteiger partial charge in [0.2, 0.25) is 15.9 Å². The van der Waals surface area contributed by atoms with Gasteiger partial charge in [0.15, 0.2) is 0 Å². The second-order valence-corrected chi connectivity index (χ2v) is 9.96. The molecule has 1 fully saturated rings. The fraction of sp³-hybridized carbons (Fsp3) is 0.316. The molecule has 1 aliphatic heterocycles. The van der Waals surface area contributed by atoms with Gasteiger partial charge in [0, 0.05) is 29.2 Å². The van der Waals surface area contributed by atoms with Gasteiger partial charge >= 0.3 is 0 Å². The third kappa shape index (κ3) is 4.56. The Bertz CT molecular complexity index is 1010. The number of carbonyl (C=O) groups is 1. The average molecular weight is 490 g/mol. The van der Waals surface area contributed by atoms with Crippen molar-refractivity contribution in [2.24, 2.45) is 5.92 Å². The normalized spacial score (nSPS) is 16.1. The Balaban J connectivity index is 1.64. The maximum absolute atomic E-state index is 13.3. The summed E-state index contributed by atoms with van der Waals surface area (Å²) in [6, 6.07) is 8.95. The van der Waals surface area contributed by atoms with Crippen LogP contribution in [-0.2, 0) is 14.8 Å². The van der Waals surface area contributed by atoms with Gasteiger partial charge in [-0.25, -0.2) is 12.8 Å². The van der Waals surface area contributed by atoms with Crippen molar-refractivity contribution >= 4 is 49.1 Å². The van der Waals surface area contributed by atoms with Crippen LogP contribution in [-0.4, -0.2) is 31.7 Å². The lowest BCUT2D eigenvalue weighted by Crippen LogP contribution is -2.41. The molecule has 3 rings (SSSR count). The molecule has 150 valence electrons. The van der Waals surface area contributed by atoms with E-state index < -0.39 is 15.8 Å². The minimum Gasteiger partial charge on any atom is -0.326 e. The Morgan fingerprint density at radius 3 is 2.50 bits per heavy atom. The average Bonchev–Trinajstić information content (AvgIpc) is 2.66. The molecule has 0 spiro atoms. The number of benzene rings is 2.